The molecule has 0 aliphatic carbocycles. The number of aryl methyl sites for hydroxylation is 1. The lowest BCUT2D eigenvalue weighted by Crippen LogP contribution is -2.24. The van der Waals surface area contributed by atoms with Crippen LogP contribution in [-0.4, -0.2) is 22.6 Å². The van der Waals surface area contributed by atoms with E-state index in [1.807, 2.05) is 47.4 Å². The third kappa shape index (κ3) is 3.31. The average molecular weight is 333 g/mol. The zero-order chi connectivity index (χ0) is 17.2. The summed E-state index contributed by atoms with van der Waals surface area (Å²) in [5, 5.41) is 7.96. The Morgan fingerprint density at radius 2 is 1.96 bits per heavy atom. The maximum Gasteiger partial charge on any atom is 0.247 e. The van der Waals surface area contributed by atoms with Crippen LogP contribution in [0.15, 0.2) is 59.0 Å². The Hall–Kier alpha value is -2.95. The molecule has 1 atom stereocenters. The first-order valence-corrected chi connectivity index (χ1v) is 8.44. The lowest BCUT2D eigenvalue weighted by Gasteiger charge is -2.16. The van der Waals surface area contributed by atoms with E-state index in [-0.39, 0.29) is 5.91 Å². The molecule has 0 unspecified atom stereocenters. The predicted molar refractivity (Wildman–Crippen MR) is 95.1 cm³/mol. The van der Waals surface area contributed by atoms with E-state index in [1.54, 1.807) is 6.92 Å². The van der Waals surface area contributed by atoms with Gasteiger partial charge in [0.15, 0.2) is 0 Å². The van der Waals surface area contributed by atoms with Crippen molar-refractivity contribution in [1.82, 2.24) is 10.2 Å². The summed E-state index contributed by atoms with van der Waals surface area (Å²) in [4.78, 5) is 14.2. The maximum atomic E-state index is 12.4. The molecule has 5 nitrogen and oxygen atoms in total. The molecule has 2 aromatic carbocycles. The third-order valence-electron chi connectivity index (χ3n) is 4.50. The van der Waals surface area contributed by atoms with Crippen LogP contribution < -0.4 is 4.90 Å². The summed E-state index contributed by atoms with van der Waals surface area (Å²) in [7, 11) is 0. The topological polar surface area (TPSA) is 59.2 Å². The fourth-order valence-corrected chi connectivity index (χ4v) is 3.35. The molecule has 25 heavy (non-hydrogen) atoms. The Balaban J connectivity index is 1.49. The number of carbonyl (C=O) groups is 1. The van der Waals surface area contributed by atoms with E-state index in [4.69, 9.17) is 4.42 Å². The molecule has 5 heteroatoms. The predicted octanol–water partition coefficient (Wildman–Crippen LogP) is 3.64. The third-order valence-corrected chi connectivity index (χ3v) is 4.50. The normalized spacial score (nSPS) is 17.2. The summed E-state index contributed by atoms with van der Waals surface area (Å²) < 4.78 is 5.50. The van der Waals surface area contributed by atoms with Crippen molar-refractivity contribution in [2.45, 2.75) is 19.8 Å². The Morgan fingerprint density at radius 3 is 2.72 bits per heavy atom. The van der Waals surface area contributed by atoms with E-state index in [0.717, 1.165) is 24.2 Å². The molecule has 126 valence electrons. The molecule has 0 N–H and O–H groups in total. The Bertz CT molecular complexity index is 889. The number of anilines is 1. The van der Waals surface area contributed by atoms with Gasteiger partial charge >= 0.3 is 0 Å². The first-order valence-electron chi connectivity index (χ1n) is 8.44. The first kappa shape index (κ1) is 15.6. The van der Waals surface area contributed by atoms with Crippen molar-refractivity contribution in [3.8, 4) is 11.5 Å². The van der Waals surface area contributed by atoms with Crippen molar-refractivity contribution >= 4 is 11.6 Å². The highest BCUT2D eigenvalue weighted by molar-refractivity contribution is 5.95. The van der Waals surface area contributed by atoms with Crippen LogP contribution >= 0.6 is 0 Å². The van der Waals surface area contributed by atoms with Gasteiger partial charge in [-0.1, -0.05) is 30.3 Å². The fraction of sp³-hybridized carbons (Fsp3) is 0.250. The van der Waals surface area contributed by atoms with Gasteiger partial charge in [-0.25, -0.2) is 0 Å². The number of para-hydroxylation sites is 1. The number of rotatable bonds is 4. The van der Waals surface area contributed by atoms with Crippen molar-refractivity contribution < 1.29 is 9.21 Å². The molecular weight excluding hydrogens is 314 g/mol. The number of benzene rings is 2. The summed E-state index contributed by atoms with van der Waals surface area (Å²) in [6, 6.07) is 18.0. The largest absolute Gasteiger partial charge is 0.421 e. The van der Waals surface area contributed by atoms with Gasteiger partial charge in [-0.05, 0) is 42.2 Å². The summed E-state index contributed by atoms with van der Waals surface area (Å²) >= 11 is 0. The van der Waals surface area contributed by atoms with Crippen molar-refractivity contribution in [3.63, 3.8) is 0 Å². The molecular formula is C20H19N3O2. The number of hydrogen-bond donors (Lipinski definition) is 0. The van der Waals surface area contributed by atoms with E-state index in [2.05, 4.69) is 22.3 Å². The molecule has 2 heterocycles. The number of hydrogen-bond acceptors (Lipinski definition) is 4. The monoisotopic (exact) mass is 333 g/mol. The lowest BCUT2D eigenvalue weighted by atomic mass is 9.97. The van der Waals surface area contributed by atoms with E-state index in [9.17, 15) is 4.79 Å². The molecule has 1 fully saturated rings. The summed E-state index contributed by atoms with van der Waals surface area (Å²) in [5.74, 6) is 1.60. The minimum atomic E-state index is 0.194. The number of aromatic nitrogens is 2. The van der Waals surface area contributed by atoms with Gasteiger partial charge < -0.3 is 9.32 Å². The van der Waals surface area contributed by atoms with Gasteiger partial charge in [-0.2, -0.15) is 0 Å². The summed E-state index contributed by atoms with van der Waals surface area (Å²) in [6.45, 7) is 2.54. The van der Waals surface area contributed by atoms with Crippen LogP contribution in [0.4, 0.5) is 5.69 Å². The second-order valence-corrected chi connectivity index (χ2v) is 6.44. The molecule has 1 aromatic heterocycles. The molecule has 1 saturated heterocycles. The van der Waals surface area contributed by atoms with Crippen LogP contribution in [-0.2, 0) is 11.2 Å². The van der Waals surface area contributed by atoms with Gasteiger partial charge in [0.1, 0.15) is 0 Å². The van der Waals surface area contributed by atoms with Gasteiger partial charge in [0.25, 0.3) is 0 Å². The second kappa shape index (κ2) is 6.51. The number of amides is 1. The minimum absolute atomic E-state index is 0.194. The van der Waals surface area contributed by atoms with Crippen molar-refractivity contribution in [1.29, 1.82) is 0 Å². The van der Waals surface area contributed by atoms with Gasteiger partial charge in [0, 0.05) is 31.1 Å². The van der Waals surface area contributed by atoms with Crippen LogP contribution in [0.2, 0.25) is 0 Å². The number of nitrogens with zero attached hydrogens (tertiary/aromatic N) is 3. The number of carbonyl (C=O) groups excluding carboxylic acids is 1. The SMILES string of the molecule is Cc1nnc(-c2cccc(C[C@@H]3CC(=O)N(c4ccccc4)C3)c2)o1. The lowest BCUT2D eigenvalue weighted by molar-refractivity contribution is -0.117. The van der Waals surface area contributed by atoms with Crippen molar-refractivity contribution in [2.24, 2.45) is 5.92 Å². The highest BCUT2D eigenvalue weighted by Gasteiger charge is 2.30. The summed E-state index contributed by atoms with van der Waals surface area (Å²) in [5.41, 5.74) is 3.08. The Labute approximate surface area is 146 Å². The average Bonchev–Trinajstić information content (AvgIpc) is 3.22. The van der Waals surface area contributed by atoms with Gasteiger partial charge in [0.2, 0.25) is 17.7 Å². The molecule has 3 aromatic rings. The smallest absolute Gasteiger partial charge is 0.247 e. The molecule has 0 radical (unpaired) electrons. The van der Waals surface area contributed by atoms with Gasteiger partial charge in [0.05, 0.1) is 0 Å². The quantitative estimate of drug-likeness (QED) is 0.731. The second-order valence-electron chi connectivity index (χ2n) is 6.44. The van der Waals surface area contributed by atoms with Crippen LogP contribution in [0.3, 0.4) is 0 Å². The molecule has 0 bridgehead atoms. The molecule has 0 spiro atoms. The van der Waals surface area contributed by atoms with E-state index in [0.29, 0.717) is 24.1 Å². The molecule has 1 aliphatic rings. The minimum Gasteiger partial charge on any atom is -0.421 e. The van der Waals surface area contributed by atoms with Crippen LogP contribution in [0.1, 0.15) is 17.9 Å². The van der Waals surface area contributed by atoms with Gasteiger partial charge in [-0.3, -0.25) is 4.79 Å². The fourth-order valence-electron chi connectivity index (χ4n) is 3.35. The first-order chi connectivity index (χ1) is 12.2. The van der Waals surface area contributed by atoms with E-state index < -0.39 is 0 Å². The van der Waals surface area contributed by atoms with Crippen LogP contribution in [0.5, 0.6) is 0 Å². The standard InChI is InChI=1S/C20H19N3O2/c1-14-21-22-20(25-14)17-7-5-6-15(11-17)10-16-12-19(24)23(13-16)18-8-3-2-4-9-18/h2-9,11,16H,10,12-13H2,1H3/t16-/m1/s1. The van der Waals surface area contributed by atoms with Crippen LogP contribution in [0, 0.1) is 12.8 Å². The van der Waals surface area contributed by atoms with E-state index in [1.165, 1.54) is 5.56 Å². The highest BCUT2D eigenvalue weighted by atomic mass is 16.4. The molecule has 1 aliphatic heterocycles. The van der Waals surface area contributed by atoms with Gasteiger partial charge in [-0.15, -0.1) is 10.2 Å². The molecule has 4 rings (SSSR count). The van der Waals surface area contributed by atoms with Crippen LogP contribution in [0.25, 0.3) is 11.5 Å². The Morgan fingerprint density at radius 1 is 1.12 bits per heavy atom. The Kier molecular flexibility index (Phi) is 4.06. The zero-order valence-corrected chi connectivity index (χ0v) is 14.1. The maximum absolute atomic E-state index is 12.4. The molecule has 1 amide bonds. The summed E-state index contributed by atoms with van der Waals surface area (Å²) in [6.07, 6.45) is 1.44. The van der Waals surface area contributed by atoms with E-state index >= 15 is 0 Å². The highest BCUT2D eigenvalue weighted by Crippen LogP contribution is 2.28. The zero-order valence-electron chi connectivity index (χ0n) is 14.1. The molecule has 0 saturated carbocycles. The van der Waals surface area contributed by atoms with Crippen molar-refractivity contribution in [3.05, 3.63) is 66.1 Å². The van der Waals surface area contributed by atoms with Crippen molar-refractivity contribution in [2.75, 3.05) is 11.4 Å².